The molecule has 4 nitrogen and oxygen atoms in total. The molecule has 0 unspecified atom stereocenters. The third-order valence-corrected chi connectivity index (χ3v) is 5.48. The summed E-state index contributed by atoms with van der Waals surface area (Å²) in [5.74, 6) is 0.946. The molecule has 26 heavy (non-hydrogen) atoms. The zero-order valence-electron chi connectivity index (χ0n) is 15.7. The minimum atomic E-state index is 0.396. The molecule has 144 valence electrons. The summed E-state index contributed by atoms with van der Waals surface area (Å²) in [7, 11) is 0. The van der Waals surface area contributed by atoms with Gasteiger partial charge in [0.25, 0.3) is 0 Å². The summed E-state index contributed by atoms with van der Waals surface area (Å²) in [5, 5.41) is 7.14. The molecule has 1 aromatic carbocycles. The Morgan fingerprint density at radius 1 is 0.923 bits per heavy atom. The van der Waals surface area contributed by atoms with Gasteiger partial charge in [0.2, 0.25) is 0 Å². The predicted molar refractivity (Wildman–Crippen MR) is 111 cm³/mol. The van der Waals surface area contributed by atoms with E-state index in [9.17, 15) is 0 Å². The SMILES string of the molecule is S=C(NCCCOC1CCCCC1)Nc1ccc(OC2CCCC2)cc1. The van der Waals surface area contributed by atoms with Crippen molar-refractivity contribution in [3.63, 3.8) is 0 Å². The lowest BCUT2D eigenvalue weighted by Gasteiger charge is -2.22. The molecule has 0 amide bonds. The predicted octanol–water partition coefficient (Wildman–Crippen LogP) is 5.03. The van der Waals surface area contributed by atoms with Crippen LogP contribution in [-0.4, -0.2) is 30.5 Å². The van der Waals surface area contributed by atoms with Gasteiger partial charge in [0.15, 0.2) is 5.11 Å². The van der Waals surface area contributed by atoms with E-state index in [0.29, 0.717) is 17.3 Å². The number of thiocarbonyl (C=S) groups is 1. The molecule has 0 aromatic heterocycles. The van der Waals surface area contributed by atoms with Crippen LogP contribution in [0.1, 0.15) is 64.2 Å². The molecule has 0 spiro atoms. The minimum Gasteiger partial charge on any atom is -0.490 e. The van der Waals surface area contributed by atoms with Gasteiger partial charge in [0.1, 0.15) is 5.75 Å². The number of rotatable bonds is 8. The van der Waals surface area contributed by atoms with E-state index < -0.39 is 0 Å². The van der Waals surface area contributed by atoms with Crippen LogP contribution in [-0.2, 0) is 4.74 Å². The molecule has 2 N–H and O–H groups in total. The average molecular weight is 377 g/mol. The van der Waals surface area contributed by atoms with Crippen molar-refractivity contribution < 1.29 is 9.47 Å². The first-order valence-electron chi connectivity index (χ1n) is 10.2. The van der Waals surface area contributed by atoms with Gasteiger partial charge in [0.05, 0.1) is 12.2 Å². The Hall–Kier alpha value is -1.33. The monoisotopic (exact) mass is 376 g/mol. The van der Waals surface area contributed by atoms with E-state index in [0.717, 1.165) is 31.0 Å². The van der Waals surface area contributed by atoms with Crippen LogP contribution in [0.3, 0.4) is 0 Å². The molecular formula is C21H32N2O2S. The summed E-state index contributed by atoms with van der Waals surface area (Å²) in [5.41, 5.74) is 0.986. The van der Waals surface area contributed by atoms with E-state index in [1.807, 2.05) is 24.3 Å². The molecule has 2 aliphatic carbocycles. The summed E-state index contributed by atoms with van der Waals surface area (Å²) in [4.78, 5) is 0. The first-order valence-corrected chi connectivity index (χ1v) is 10.6. The molecule has 1 aromatic rings. The zero-order chi connectivity index (χ0) is 18.0. The van der Waals surface area contributed by atoms with Crippen molar-refractivity contribution in [1.29, 1.82) is 0 Å². The highest BCUT2D eigenvalue weighted by Gasteiger charge is 2.16. The highest BCUT2D eigenvalue weighted by Crippen LogP contribution is 2.25. The Morgan fingerprint density at radius 3 is 2.31 bits per heavy atom. The fraction of sp³-hybridized carbons (Fsp3) is 0.667. The van der Waals surface area contributed by atoms with Gasteiger partial charge >= 0.3 is 0 Å². The topological polar surface area (TPSA) is 42.5 Å². The lowest BCUT2D eigenvalue weighted by molar-refractivity contribution is 0.0277. The van der Waals surface area contributed by atoms with Crippen LogP contribution in [0.15, 0.2) is 24.3 Å². The molecule has 0 saturated heterocycles. The van der Waals surface area contributed by atoms with Gasteiger partial charge in [-0.1, -0.05) is 19.3 Å². The Bertz CT molecular complexity index is 537. The van der Waals surface area contributed by atoms with E-state index in [-0.39, 0.29) is 0 Å². The lowest BCUT2D eigenvalue weighted by Crippen LogP contribution is -2.30. The number of hydrogen-bond donors (Lipinski definition) is 2. The number of hydrogen-bond acceptors (Lipinski definition) is 3. The number of anilines is 1. The molecule has 3 rings (SSSR count). The molecule has 2 saturated carbocycles. The van der Waals surface area contributed by atoms with Crippen molar-refractivity contribution in [2.75, 3.05) is 18.5 Å². The van der Waals surface area contributed by atoms with Crippen molar-refractivity contribution in [2.24, 2.45) is 0 Å². The Kier molecular flexibility index (Phi) is 8.02. The third-order valence-electron chi connectivity index (χ3n) is 5.23. The van der Waals surface area contributed by atoms with Crippen LogP contribution in [0, 0.1) is 0 Å². The van der Waals surface area contributed by atoms with Crippen LogP contribution in [0.2, 0.25) is 0 Å². The van der Waals surface area contributed by atoms with Crippen molar-refractivity contribution in [3.05, 3.63) is 24.3 Å². The highest BCUT2D eigenvalue weighted by atomic mass is 32.1. The van der Waals surface area contributed by atoms with Gasteiger partial charge in [0, 0.05) is 18.8 Å². The summed E-state index contributed by atoms with van der Waals surface area (Å²) in [6, 6.07) is 8.07. The van der Waals surface area contributed by atoms with E-state index in [1.165, 1.54) is 57.8 Å². The van der Waals surface area contributed by atoms with E-state index in [1.54, 1.807) is 0 Å². The minimum absolute atomic E-state index is 0.396. The van der Waals surface area contributed by atoms with Gasteiger partial charge in [-0.05, 0) is 81.4 Å². The fourth-order valence-corrected chi connectivity index (χ4v) is 3.97. The Morgan fingerprint density at radius 2 is 1.58 bits per heavy atom. The standard InChI is InChI=1S/C21H32N2O2S/c26-21(22-15-6-16-24-18-7-2-1-3-8-18)23-17-11-13-20(14-12-17)25-19-9-4-5-10-19/h11-14,18-19H,1-10,15-16H2,(H2,22,23,26). The van der Waals surface area contributed by atoms with E-state index in [2.05, 4.69) is 10.6 Å². The van der Waals surface area contributed by atoms with Gasteiger partial charge in [-0.15, -0.1) is 0 Å². The zero-order valence-corrected chi connectivity index (χ0v) is 16.5. The van der Waals surface area contributed by atoms with Gasteiger partial charge in [-0.2, -0.15) is 0 Å². The molecule has 2 aliphatic rings. The quantitative estimate of drug-likeness (QED) is 0.492. The second-order valence-electron chi connectivity index (χ2n) is 7.41. The van der Waals surface area contributed by atoms with Crippen molar-refractivity contribution >= 4 is 23.0 Å². The van der Waals surface area contributed by atoms with Crippen molar-refractivity contribution in [1.82, 2.24) is 5.32 Å². The summed E-state index contributed by atoms with van der Waals surface area (Å²) in [6.07, 6.45) is 13.3. The molecular weight excluding hydrogens is 344 g/mol. The maximum atomic E-state index is 5.99. The van der Waals surface area contributed by atoms with Crippen LogP contribution < -0.4 is 15.4 Å². The van der Waals surface area contributed by atoms with Crippen molar-refractivity contribution in [2.45, 2.75) is 76.4 Å². The third kappa shape index (κ3) is 6.76. The number of benzene rings is 1. The fourth-order valence-electron chi connectivity index (χ4n) is 3.75. The molecule has 5 heteroatoms. The van der Waals surface area contributed by atoms with Crippen LogP contribution in [0.4, 0.5) is 5.69 Å². The molecule has 2 fully saturated rings. The molecule has 0 bridgehead atoms. The molecule has 0 atom stereocenters. The maximum Gasteiger partial charge on any atom is 0.170 e. The van der Waals surface area contributed by atoms with Crippen LogP contribution in [0.25, 0.3) is 0 Å². The second kappa shape index (κ2) is 10.7. The number of ether oxygens (including phenoxy) is 2. The maximum absolute atomic E-state index is 5.99. The first kappa shape index (κ1) is 19.4. The largest absolute Gasteiger partial charge is 0.490 e. The van der Waals surface area contributed by atoms with E-state index in [4.69, 9.17) is 21.7 Å². The smallest absolute Gasteiger partial charge is 0.170 e. The number of nitrogens with one attached hydrogen (secondary N) is 2. The summed E-state index contributed by atoms with van der Waals surface area (Å²) in [6.45, 7) is 1.65. The average Bonchev–Trinajstić information content (AvgIpc) is 3.17. The van der Waals surface area contributed by atoms with Crippen molar-refractivity contribution in [3.8, 4) is 5.75 Å². The highest BCUT2D eigenvalue weighted by molar-refractivity contribution is 7.80. The second-order valence-corrected chi connectivity index (χ2v) is 7.82. The molecule has 0 heterocycles. The van der Waals surface area contributed by atoms with Gasteiger partial charge in [-0.3, -0.25) is 0 Å². The van der Waals surface area contributed by atoms with Gasteiger partial charge in [-0.25, -0.2) is 0 Å². The first-order chi connectivity index (χ1) is 12.8. The normalized spacial score (nSPS) is 18.6. The Balaban J connectivity index is 1.27. The summed E-state index contributed by atoms with van der Waals surface area (Å²) >= 11 is 5.37. The molecule has 0 aliphatic heterocycles. The Labute approximate surface area is 163 Å². The summed E-state index contributed by atoms with van der Waals surface area (Å²) < 4.78 is 11.9. The van der Waals surface area contributed by atoms with Gasteiger partial charge < -0.3 is 20.1 Å². The van der Waals surface area contributed by atoms with Crippen LogP contribution >= 0.6 is 12.2 Å². The van der Waals surface area contributed by atoms with Crippen LogP contribution in [0.5, 0.6) is 5.75 Å². The molecule has 0 radical (unpaired) electrons. The lowest BCUT2D eigenvalue weighted by atomic mass is 9.98. The van der Waals surface area contributed by atoms with E-state index >= 15 is 0 Å².